The van der Waals surface area contributed by atoms with Crippen molar-refractivity contribution in [2.24, 2.45) is 0 Å². The van der Waals surface area contributed by atoms with Crippen LogP contribution in [-0.4, -0.2) is 49.9 Å². The van der Waals surface area contributed by atoms with Crippen molar-refractivity contribution < 1.29 is 47.6 Å². The van der Waals surface area contributed by atoms with Gasteiger partial charge < -0.3 is 28.4 Å². The number of nitrogens with zero attached hydrogens (tertiary/aromatic N) is 1. The molecule has 1 heterocycles. The van der Waals surface area contributed by atoms with Crippen LogP contribution < -0.4 is 19.1 Å². The number of esters is 2. The van der Waals surface area contributed by atoms with E-state index in [0.717, 1.165) is 17.6 Å². The van der Waals surface area contributed by atoms with Crippen molar-refractivity contribution in [2.45, 2.75) is 33.0 Å². The maximum atomic E-state index is 14.0. The van der Waals surface area contributed by atoms with Crippen LogP contribution in [0.4, 0.5) is 10.5 Å². The van der Waals surface area contributed by atoms with Gasteiger partial charge in [0.2, 0.25) is 0 Å². The molecule has 4 rings (SSSR count). The molecule has 11 nitrogen and oxygen atoms in total. The molecule has 11 heteroatoms. The zero-order valence-electron chi connectivity index (χ0n) is 23.0. The second-order valence-electron chi connectivity index (χ2n) is 9.83. The largest absolute Gasteiger partial charge is 0.513 e. The first-order chi connectivity index (χ1) is 19.5. The van der Waals surface area contributed by atoms with E-state index in [9.17, 15) is 19.2 Å². The Kier molecular flexibility index (Phi) is 8.76. The fourth-order valence-corrected chi connectivity index (χ4v) is 3.86. The number of carbonyl (C=O) groups is 4. The molecule has 0 unspecified atom stereocenters. The summed E-state index contributed by atoms with van der Waals surface area (Å²) < 4.78 is 32.1. The van der Waals surface area contributed by atoms with E-state index >= 15 is 0 Å². The highest BCUT2D eigenvalue weighted by Crippen LogP contribution is 2.43. The lowest BCUT2D eigenvalue weighted by molar-refractivity contribution is -0.153. The van der Waals surface area contributed by atoms with E-state index in [1.807, 2.05) is 30.3 Å². The Bertz CT molecular complexity index is 1450. The van der Waals surface area contributed by atoms with Crippen LogP contribution in [0.2, 0.25) is 0 Å². The molecule has 0 saturated heterocycles. The van der Waals surface area contributed by atoms with Crippen LogP contribution in [0.5, 0.6) is 23.0 Å². The number of fused-ring (bicyclic) bond motifs is 2. The maximum Gasteiger partial charge on any atom is 0.513 e. The molecular formula is C30H29NO10. The molecule has 1 aliphatic rings. The first kappa shape index (κ1) is 28.9. The van der Waals surface area contributed by atoms with Crippen LogP contribution in [-0.2, 0) is 30.4 Å². The van der Waals surface area contributed by atoms with Gasteiger partial charge in [-0.2, -0.15) is 0 Å². The standard InChI is InChI=1S/C30H29NO10/c1-30(2,3)41-25(32)16-31-21-15-20(39-29(35)36-4)13-14-22(21)40-24-12-8-11-23(27(24)28(31)34)37-18-26(33)38-17-19-9-6-5-7-10-19/h5-15H,16-18H2,1-4H3. The Hall–Kier alpha value is -5.06. The number of amides is 1. The predicted molar refractivity (Wildman–Crippen MR) is 145 cm³/mol. The van der Waals surface area contributed by atoms with E-state index in [4.69, 9.17) is 23.7 Å². The SMILES string of the molecule is COC(=O)Oc1ccc2c(c1)N(CC(=O)OC(C)(C)C)C(=O)c1c(OCC(=O)OCc3ccccc3)cccc1O2. The Balaban J connectivity index is 1.62. The molecule has 0 radical (unpaired) electrons. The highest BCUT2D eigenvalue weighted by atomic mass is 16.7. The molecule has 0 spiro atoms. The third kappa shape index (κ3) is 7.53. The molecule has 0 N–H and O–H groups in total. The van der Waals surface area contributed by atoms with Crippen molar-refractivity contribution in [2.75, 3.05) is 25.2 Å². The molecule has 214 valence electrons. The Morgan fingerprint density at radius 1 is 0.902 bits per heavy atom. The number of benzene rings is 3. The second-order valence-corrected chi connectivity index (χ2v) is 9.83. The summed E-state index contributed by atoms with van der Waals surface area (Å²) in [4.78, 5) is 52.0. The zero-order chi connectivity index (χ0) is 29.6. The minimum Gasteiger partial charge on any atom is -0.481 e. The number of hydrogen-bond donors (Lipinski definition) is 0. The van der Waals surface area contributed by atoms with Gasteiger partial charge in [-0.05, 0) is 50.6 Å². The molecule has 0 aromatic heterocycles. The van der Waals surface area contributed by atoms with Crippen molar-refractivity contribution in [3.63, 3.8) is 0 Å². The second kappa shape index (κ2) is 12.4. The smallest absolute Gasteiger partial charge is 0.481 e. The fraction of sp³-hybridized carbons (Fsp3) is 0.267. The molecule has 0 bridgehead atoms. The highest BCUT2D eigenvalue weighted by molar-refractivity contribution is 6.13. The average molecular weight is 564 g/mol. The summed E-state index contributed by atoms with van der Waals surface area (Å²) in [6.07, 6.45) is -0.970. The number of methoxy groups -OCH3 is 1. The maximum absolute atomic E-state index is 14.0. The van der Waals surface area contributed by atoms with E-state index < -0.39 is 42.8 Å². The van der Waals surface area contributed by atoms with Crippen LogP contribution in [0.25, 0.3) is 0 Å². The number of hydrogen-bond acceptors (Lipinski definition) is 10. The van der Waals surface area contributed by atoms with Gasteiger partial charge in [0.05, 0.1) is 12.8 Å². The number of anilines is 1. The van der Waals surface area contributed by atoms with Crippen molar-refractivity contribution in [1.29, 1.82) is 0 Å². The van der Waals surface area contributed by atoms with Gasteiger partial charge in [-0.3, -0.25) is 14.5 Å². The minimum atomic E-state index is -0.970. The first-order valence-corrected chi connectivity index (χ1v) is 12.6. The van der Waals surface area contributed by atoms with Gasteiger partial charge in [0.25, 0.3) is 5.91 Å². The van der Waals surface area contributed by atoms with E-state index in [2.05, 4.69) is 4.74 Å². The van der Waals surface area contributed by atoms with Crippen molar-refractivity contribution in [1.82, 2.24) is 0 Å². The Morgan fingerprint density at radius 2 is 1.66 bits per heavy atom. The van der Waals surface area contributed by atoms with Crippen molar-refractivity contribution in [3.05, 3.63) is 77.9 Å². The lowest BCUT2D eigenvalue weighted by Crippen LogP contribution is -2.38. The van der Waals surface area contributed by atoms with Gasteiger partial charge in [-0.15, -0.1) is 0 Å². The van der Waals surface area contributed by atoms with Gasteiger partial charge in [-0.1, -0.05) is 36.4 Å². The van der Waals surface area contributed by atoms with Crippen LogP contribution in [0.15, 0.2) is 66.7 Å². The van der Waals surface area contributed by atoms with Crippen molar-refractivity contribution in [3.8, 4) is 23.0 Å². The van der Waals surface area contributed by atoms with Crippen LogP contribution in [0.3, 0.4) is 0 Å². The summed E-state index contributed by atoms with van der Waals surface area (Å²) in [5, 5.41) is 0. The van der Waals surface area contributed by atoms with E-state index in [-0.39, 0.29) is 40.9 Å². The number of carbonyl (C=O) groups excluding carboxylic acids is 4. The third-order valence-electron chi connectivity index (χ3n) is 5.55. The first-order valence-electron chi connectivity index (χ1n) is 12.6. The number of rotatable bonds is 8. The molecule has 1 aliphatic heterocycles. The monoisotopic (exact) mass is 563 g/mol. The summed E-state index contributed by atoms with van der Waals surface area (Å²) >= 11 is 0. The summed E-state index contributed by atoms with van der Waals surface area (Å²) in [5.74, 6) is -1.61. The highest BCUT2D eigenvalue weighted by Gasteiger charge is 2.34. The average Bonchev–Trinajstić information content (AvgIpc) is 3.04. The third-order valence-corrected chi connectivity index (χ3v) is 5.55. The van der Waals surface area contributed by atoms with Crippen LogP contribution in [0.1, 0.15) is 36.7 Å². The van der Waals surface area contributed by atoms with E-state index in [0.29, 0.717) is 0 Å². The van der Waals surface area contributed by atoms with Crippen LogP contribution >= 0.6 is 0 Å². The molecule has 1 amide bonds. The molecule has 0 aliphatic carbocycles. The topological polar surface area (TPSA) is 127 Å². The van der Waals surface area contributed by atoms with E-state index in [1.165, 1.54) is 24.3 Å². The fourth-order valence-electron chi connectivity index (χ4n) is 3.86. The molecule has 0 saturated carbocycles. The zero-order valence-corrected chi connectivity index (χ0v) is 23.0. The normalized spacial score (nSPS) is 12.2. The molecule has 3 aromatic rings. The summed E-state index contributed by atoms with van der Waals surface area (Å²) in [6.45, 7) is 4.19. The summed E-state index contributed by atoms with van der Waals surface area (Å²) in [7, 11) is 1.16. The minimum absolute atomic E-state index is 0.0291. The van der Waals surface area contributed by atoms with Gasteiger partial charge in [0.1, 0.15) is 41.6 Å². The van der Waals surface area contributed by atoms with Gasteiger partial charge in [0, 0.05) is 6.07 Å². The lowest BCUT2D eigenvalue weighted by Gasteiger charge is -2.25. The molecule has 0 fully saturated rings. The van der Waals surface area contributed by atoms with E-state index in [1.54, 1.807) is 32.9 Å². The number of ether oxygens (including phenoxy) is 6. The summed E-state index contributed by atoms with van der Waals surface area (Å²) in [6, 6.07) is 18.1. The molecule has 41 heavy (non-hydrogen) atoms. The van der Waals surface area contributed by atoms with Gasteiger partial charge in [0.15, 0.2) is 12.4 Å². The van der Waals surface area contributed by atoms with Gasteiger partial charge >= 0.3 is 18.1 Å². The van der Waals surface area contributed by atoms with Crippen LogP contribution in [0, 0.1) is 0 Å². The van der Waals surface area contributed by atoms with Gasteiger partial charge in [-0.25, -0.2) is 9.59 Å². The molecule has 3 aromatic carbocycles. The lowest BCUT2D eigenvalue weighted by atomic mass is 10.1. The molecule has 0 atom stereocenters. The molecular weight excluding hydrogens is 534 g/mol. The predicted octanol–water partition coefficient (Wildman–Crippen LogP) is 5.05. The Labute approximate surface area is 236 Å². The summed E-state index contributed by atoms with van der Waals surface area (Å²) in [5.41, 5.74) is 0.0994. The Morgan fingerprint density at radius 3 is 2.37 bits per heavy atom. The van der Waals surface area contributed by atoms with Crippen molar-refractivity contribution >= 4 is 29.7 Å². The quantitative estimate of drug-likeness (QED) is 0.209.